The van der Waals surface area contributed by atoms with Gasteiger partial charge in [0.1, 0.15) is 23.8 Å². The number of benzene rings is 1. The maximum atomic E-state index is 14.0. The Morgan fingerprint density at radius 2 is 1.98 bits per heavy atom. The van der Waals surface area contributed by atoms with Gasteiger partial charge in [-0.1, -0.05) is 6.07 Å². The van der Waals surface area contributed by atoms with E-state index in [2.05, 4.69) is 19.3 Å². The predicted molar refractivity (Wildman–Crippen MR) is 127 cm³/mol. The Morgan fingerprint density at radius 3 is 2.67 bits per heavy atom. The number of phosphoric ester groups is 1. The van der Waals surface area contributed by atoms with Crippen LogP contribution in [0.3, 0.4) is 0 Å². The molecule has 4 rings (SSSR count). The van der Waals surface area contributed by atoms with Crippen LogP contribution >= 0.6 is 7.82 Å². The van der Waals surface area contributed by atoms with Gasteiger partial charge in [-0.15, -0.1) is 0 Å². The summed E-state index contributed by atoms with van der Waals surface area (Å²) >= 11 is 0. The van der Waals surface area contributed by atoms with Crippen molar-refractivity contribution in [2.24, 2.45) is 0 Å². The van der Waals surface area contributed by atoms with E-state index in [9.17, 15) is 37.4 Å². The molecule has 3 heterocycles. The van der Waals surface area contributed by atoms with Gasteiger partial charge < -0.3 is 48.0 Å². The fraction of sp³-hybridized carbons (Fsp3) is 0.391. The van der Waals surface area contributed by atoms with Gasteiger partial charge in [-0.2, -0.15) is 0 Å². The number of nitrogens with one attached hydrogen (secondary N) is 1. The Balaban J connectivity index is 0.00000484. The topological polar surface area (TPSA) is 195 Å². The molecule has 1 aromatic heterocycles. The molecule has 19 heteroatoms. The van der Waals surface area contributed by atoms with E-state index in [1.807, 2.05) is 0 Å². The fourth-order valence-electron chi connectivity index (χ4n) is 4.15. The molecule has 2 amide bonds. The first-order chi connectivity index (χ1) is 19.4. The largest absolute Gasteiger partial charge is 1.00 e. The van der Waals surface area contributed by atoms with Crippen LogP contribution in [0.1, 0.15) is 33.3 Å². The molecule has 15 nitrogen and oxygen atoms in total. The molecular formula is C23H23F2N3NaO12P. The zero-order valence-electron chi connectivity index (χ0n) is 22.2. The van der Waals surface area contributed by atoms with E-state index >= 15 is 0 Å². The SMILES string of the molecule is C[C@H]1CO[C@@H]2Cn3cc(C(=O)NCc4ccc(F)cc4F)c(=O)c(OCOC(=O)OCCOP(=O)([O-])O)c3C(=O)N12.[Na+]. The summed E-state index contributed by atoms with van der Waals surface area (Å²) in [6, 6.07) is 2.41. The summed E-state index contributed by atoms with van der Waals surface area (Å²) in [6.07, 6.45) is -0.946. The van der Waals surface area contributed by atoms with Crippen LogP contribution in [0.2, 0.25) is 0 Å². The summed E-state index contributed by atoms with van der Waals surface area (Å²) in [4.78, 5) is 71.7. The maximum Gasteiger partial charge on any atom is 1.00 e. The van der Waals surface area contributed by atoms with Crippen LogP contribution in [-0.2, 0) is 36.4 Å². The van der Waals surface area contributed by atoms with Crippen LogP contribution in [0.5, 0.6) is 5.75 Å². The zero-order chi connectivity index (χ0) is 29.9. The number of pyridine rings is 1. The number of halogens is 2. The van der Waals surface area contributed by atoms with E-state index in [-0.39, 0.29) is 60.0 Å². The van der Waals surface area contributed by atoms with Gasteiger partial charge in [0, 0.05) is 24.4 Å². The molecular weight excluding hydrogens is 602 g/mol. The zero-order valence-corrected chi connectivity index (χ0v) is 25.1. The van der Waals surface area contributed by atoms with Crippen LogP contribution in [0, 0.1) is 11.6 Å². The maximum absolute atomic E-state index is 14.0. The van der Waals surface area contributed by atoms with Crippen molar-refractivity contribution in [2.45, 2.75) is 32.3 Å². The molecule has 0 radical (unpaired) electrons. The van der Waals surface area contributed by atoms with E-state index in [4.69, 9.17) is 14.4 Å². The number of aromatic nitrogens is 1. The molecule has 1 unspecified atom stereocenters. The second-order valence-corrected chi connectivity index (χ2v) is 9.97. The number of hydrogen-bond acceptors (Lipinski definition) is 11. The third kappa shape index (κ3) is 7.93. The van der Waals surface area contributed by atoms with Crippen molar-refractivity contribution in [1.82, 2.24) is 14.8 Å². The minimum Gasteiger partial charge on any atom is -0.756 e. The van der Waals surface area contributed by atoms with Crippen LogP contribution in [0.25, 0.3) is 0 Å². The number of nitrogens with zero attached hydrogens (tertiary/aromatic N) is 2. The number of rotatable bonds is 10. The van der Waals surface area contributed by atoms with Crippen LogP contribution in [-0.4, -0.2) is 71.2 Å². The Bertz CT molecular complexity index is 1470. The quantitative estimate of drug-likeness (QED) is 0.0909. The number of phosphoric acid groups is 1. The second kappa shape index (κ2) is 14.1. The van der Waals surface area contributed by atoms with Crippen molar-refractivity contribution in [1.29, 1.82) is 0 Å². The number of fused-ring (bicyclic) bond motifs is 2. The van der Waals surface area contributed by atoms with Gasteiger partial charge in [0.05, 0.1) is 25.8 Å². The van der Waals surface area contributed by atoms with Gasteiger partial charge >= 0.3 is 35.7 Å². The van der Waals surface area contributed by atoms with Crippen molar-refractivity contribution in [3.8, 4) is 5.75 Å². The number of carbonyl (C=O) groups is 3. The van der Waals surface area contributed by atoms with E-state index in [0.717, 1.165) is 18.3 Å². The summed E-state index contributed by atoms with van der Waals surface area (Å²) in [5, 5.41) is 2.35. The summed E-state index contributed by atoms with van der Waals surface area (Å²) in [7, 11) is -5.02. The van der Waals surface area contributed by atoms with Crippen molar-refractivity contribution in [3.63, 3.8) is 0 Å². The van der Waals surface area contributed by atoms with E-state index in [0.29, 0.717) is 6.07 Å². The van der Waals surface area contributed by atoms with E-state index in [1.165, 1.54) is 9.47 Å². The third-order valence-corrected chi connectivity index (χ3v) is 6.49. The minimum atomic E-state index is -5.02. The first-order valence-electron chi connectivity index (χ1n) is 11.9. The fourth-order valence-corrected chi connectivity index (χ4v) is 4.45. The number of amides is 2. The smallest absolute Gasteiger partial charge is 0.756 e. The van der Waals surface area contributed by atoms with Crippen molar-refractivity contribution in [2.75, 3.05) is 26.6 Å². The standard InChI is InChI=1S/C23H24F2N3O12P.Na/c1-12-10-37-17-9-27-8-15(21(30)26-7-13-2-3-14(24)6-16(13)25)19(29)20(18(27)22(31)28(12)17)38-11-39-23(32)36-4-5-40-41(33,34)35;/h2-3,6,8,12,17H,4-5,7,9-11H2,1H3,(H,26,30)(H2,33,34,35);/q;+1/p-1/t12-,17+;/m0./s1. The number of carbonyl (C=O) groups excluding carboxylic acids is 3. The molecule has 0 bridgehead atoms. The Morgan fingerprint density at radius 1 is 1.24 bits per heavy atom. The minimum absolute atomic E-state index is 0. The van der Waals surface area contributed by atoms with Crippen molar-refractivity contribution in [3.05, 3.63) is 63.1 Å². The van der Waals surface area contributed by atoms with E-state index in [1.54, 1.807) is 6.92 Å². The molecule has 222 valence electrons. The average Bonchev–Trinajstić information content (AvgIpc) is 3.27. The van der Waals surface area contributed by atoms with Gasteiger partial charge in [-0.25, -0.2) is 13.6 Å². The molecule has 0 saturated carbocycles. The van der Waals surface area contributed by atoms with Gasteiger partial charge in [0.25, 0.3) is 19.6 Å². The van der Waals surface area contributed by atoms with Gasteiger partial charge in [-0.05, 0) is 13.0 Å². The van der Waals surface area contributed by atoms with Crippen LogP contribution < -0.4 is 49.9 Å². The van der Waals surface area contributed by atoms with Gasteiger partial charge in [0.15, 0.2) is 11.9 Å². The first kappa shape index (κ1) is 33.6. The van der Waals surface area contributed by atoms with E-state index < -0.39 is 86.9 Å². The molecule has 2 aromatic rings. The summed E-state index contributed by atoms with van der Waals surface area (Å²) in [5.41, 5.74) is -1.84. The molecule has 42 heavy (non-hydrogen) atoms. The molecule has 0 aliphatic carbocycles. The molecule has 0 spiro atoms. The second-order valence-electron chi connectivity index (χ2n) is 8.78. The summed E-state index contributed by atoms with van der Waals surface area (Å²) in [5.74, 6) is -3.97. The molecule has 1 aromatic carbocycles. The van der Waals surface area contributed by atoms with Gasteiger partial charge in [-0.3, -0.25) is 18.9 Å². The summed E-state index contributed by atoms with van der Waals surface area (Å²) < 4.78 is 63.1. The normalized spacial score (nSPS) is 18.7. The Kier molecular flexibility index (Phi) is 11.2. The molecule has 2 N–H and O–H groups in total. The number of ether oxygens (including phenoxy) is 4. The molecule has 1 fully saturated rings. The monoisotopic (exact) mass is 625 g/mol. The van der Waals surface area contributed by atoms with Crippen LogP contribution in [0.4, 0.5) is 13.6 Å². The Hall–Kier alpha value is -2.89. The first-order valence-corrected chi connectivity index (χ1v) is 13.4. The van der Waals surface area contributed by atoms with Crippen LogP contribution in [0.15, 0.2) is 29.2 Å². The van der Waals surface area contributed by atoms with Crippen molar-refractivity contribution >= 4 is 25.8 Å². The predicted octanol–water partition coefficient (Wildman–Crippen LogP) is -2.77. The third-order valence-electron chi connectivity index (χ3n) is 5.98. The average molecular weight is 625 g/mol. The molecule has 2 aliphatic rings. The van der Waals surface area contributed by atoms with Crippen molar-refractivity contribution < 1.29 is 90.5 Å². The Labute approximate surface area is 258 Å². The summed E-state index contributed by atoms with van der Waals surface area (Å²) in [6.45, 7) is -0.710. The molecule has 2 aliphatic heterocycles. The molecule has 1 saturated heterocycles. The van der Waals surface area contributed by atoms with Gasteiger partial charge in [0.2, 0.25) is 18.0 Å². The number of hydrogen-bond donors (Lipinski definition) is 2. The molecule has 3 atom stereocenters.